The van der Waals surface area contributed by atoms with Crippen molar-refractivity contribution >= 4 is 11.6 Å². The van der Waals surface area contributed by atoms with Gasteiger partial charge in [-0.2, -0.15) is 13.2 Å². The minimum Gasteiger partial charge on any atom is -0.262 e. The predicted molar refractivity (Wildman–Crippen MR) is 49.4 cm³/mol. The van der Waals surface area contributed by atoms with Gasteiger partial charge in [0.1, 0.15) is 6.42 Å². The third kappa shape index (κ3) is 2.73. The number of hydrogen-bond acceptors (Lipinski definition) is 4. The smallest absolute Gasteiger partial charge is 0.262 e. The molecule has 17 heavy (non-hydrogen) atoms. The number of hydrogen-bond donors (Lipinski definition) is 0. The van der Waals surface area contributed by atoms with Crippen molar-refractivity contribution in [3.05, 3.63) is 43.7 Å². The van der Waals surface area contributed by atoms with Crippen molar-refractivity contribution in [2.45, 2.75) is 17.6 Å². The second kappa shape index (κ2) is 3.99. The quantitative estimate of drug-likeness (QED) is 0.334. The van der Waals surface area contributed by atoms with Gasteiger partial charge in [-0.25, -0.2) is 0 Å². The average molecular weight is 273 g/mol. The second-order valence-electron chi connectivity index (χ2n) is 3.24. The van der Waals surface area contributed by atoms with Crippen LogP contribution in [0.25, 0.3) is 0 Å². The van der Waals surface area contributed by atoms with Crippen molar-refractivity contribution in [1.82, 2.24) is 0 Å². The fourth-order valence-electron chi connectivity index (χ4n) is 1.21. The molecular weight excluding hydrogens is 269 g/mol. The summed E-state index contributed by atoms with van der Waals surface area (Å²) < 4.78 is 37.1. The van der Waals surface area contributed by atoms with E-state index >= 15 is 0 Å². The highest BCUT2D eigenvalue weighted by Gasteiger charge is 2.50. The van der Waals surface area contributed by atoms with Gasteiger partial charge in [-0.05, 0) is 11.6 Å². The normalized spacial score (nSPS) is 24.9. The molecule has 1 atom stereocenters. The Bertz CT molecular complexity index is 445. The summed E-state index contributed by atoms with van der Waals surface area (Å²) in [6, 6.07) is 0. The Labute approximate surface area is 96.6 Å². The molecule has 0 bridgehead atoms. The highest BCUT2D eigenvalue weighted by Crippen LogP contribution is 2.38. The van der Waals surface area contributed by atoms with Crippen LogP contribution >= 0.6 is 11.6 Å². The first-order chi connectivity index (χ1) is 7.56. The molecule has 0 saturated carbocycles. The number of rotatable bonds is 2. The van der Waals surface area contributed by atoms with E-state index < -0.39 is 38.7 Å². The summed E-state index contributed by atoms with van der Waals surface area (Å²) in [7, 11) is 0. The van der Waals surface area contributed by atoms with Gasteiger partial charge in [0, 0.05) is 17.1 Å². The van der Waals surface area contributed by atoms with Gasteiger partial charge in [-0.1, -0.05) is 0 Å². The van der Waals surface area contributed by atoms with Gasteiger partial charge in [-0.15, -0.1) is 0 Å². The maximum Gasteiger partial charge on any atom is 0.416 e. The van der Waals surface area contributed by atoms with Gasteiger partial charge in [0.2, 0.25) is 0 Å². The summed E-state index contributed by atoms with van der Waals surface area (Å²) in [5, 5.41) is 20.9. The molecule has 1 aliphatic carbocycles. The molecule has 1 rings (SSSR count). The molecule has 0 aliphatic heterocycles. The van der Waals surface area contributed by atoms with Crippen LogP contribution in [0.15, 0.2) is 23.4 Å². The van der Waals surface area contributed by atoms with E-state index in [4.69, 9.17) is 11.6 Å². The average Bonchev–Trinajstić information content (AvgIpc) is 2.15. The summed E-state index contributed by atoms with van der Waals surface area (Å²) in [5.41, 5.74) is -2.45. The first-order valence-electron chi connectivity index (χ1n) is 4.05. The lowest BCUT2D eigenvalue weighted by Gasteiger charge is -2.19. The summed E-state index contributed by atoms with van der Waals surface area (Å²) in [5.74, 6) is 0. The number of alkyl halides is 4. The van der Waals surface area contributed by atoms with E-state index in [1.165, 1.54) is 0 Å². The lowest BCUT2D eigenvalue weighted by atomic mass is 9.99. The van der Waals surface area contributed by atoms with Gasteiger partial charge < -0.3 is 0 Å². The maximum absolute atomic E-state index is 12.4. The summed E-state index contributed by atoms with van der Waals surface area (Å²) >= 11 is 5.33. The molecule has 0 aromatic rings. The third-order valence-corrected chi connectivity index (χ3v) is 2.37. The molecule has 0 N–H and O–H groups in total. The molecule has 0 spiro atoms. The van der Waals surface area contributed by atoms with E-state index in [1.807, 2.05) is 0 Å². The summed E-state index contributed by atoms with van der Waals surface area (Å²) in [4.78, 5) is 16.0. The Morgan fingerprint density at radius 2 is 1.88 bits per heavy atom. The Morgan fingerprint density at radius 3 is 2.24 bits per heavy atom. The van der Waals surface area contributed by atoms with Crippen LogP contribution in [0.2, 0.25) is 0 Å². The Kier molecular flexibility index (Phi) is 3.15. The largest absolute Gasteiger partial charge is 0.416 e. The standard InChI is InChI=1S/C7H4ClF3N2O4/c8-6(13(16)17)2-4(7(9,10)11)1-5(3-6)12(14)15/h1-2H,3H2. The van der Waals surface area contributed by atoms with Crippen LogP contribution in [0.5, 0.6) is 0 Å². The molecule has 1 aliphatic rings. The fourth-order valence-corrected chi connectivity index (χ4v) is 1.47. The minimum atomic E-state index is -4.93. The van der Waals surface area contributed by atoms with Crippen LogP contribution in [0, 0.1) is 20.2 Å². The van der Waals surface area contributed by atoms with Gasteiger partial charge in [0.15, 0.2) is 0 Å². The van der Waals surface area contributed by atoms with Crippen molar-refractivity contribution in [2.75, 3.05) is 0 Å². The van der Waals surface area contributed by atoms with Crippen LogP contribution < -0.4 is 0 Å². The van der Waals surface area contributed by atoms with E-state index in [0.29, 0.717) is 0 Å². The summed E-state index contributed by atoms with van der Waals surface area (Å²) in [6.07, 6.45) is -5.43. The van der Waals surface area contributed by atoms with Crippen molar-refractivity contribution in [2.24, 2.45) is 0 Å². The molecule has 6 nitrogen and oxygen atoms in total. The fraction of sp³-hybridized carbons (Fsp3) is 0.429. The van der Waals surface area contributed by atoms with E-state index in [1.54, 1.807) is 0 Å². The van der Waals surface area contributed by atoms with Crippen molar-refractivity contribution in [3.63, 3.8) is 0 Å². The maximum atomic E-state index is 12.4. The molecular formula is C7H4ClF3N2O4. The zero-order valence-corrected chi connectivity index (χ0v) is 8.66. The highest BCUT2D eigenvalue weighted by atomic mass is 35.5. The lowest BCUT2D eigenvalue weighted by Crippen LogP contribution is -2.35. The van der Waals surface area contributed by atoms with Gasteiger partial charge in [0.05, 0.1) is 10.5 Å². The topological polar surface area (TPSA) is 86.3 Å². The molecule has 0 aromatic carbocycles. The van der Waals surface area contributed by atoms with Crippen molar-refractivity contribution in [1.29, 1.82) is 0 Å². The van der Waals surface area contributed by atoms with Crippen LogP contribution in [-0.2, 0) is 0 Å². The van der Waals surface area contributed by atoms with Crippen molar-refractivity contribution < 1.29 is 23.0 Å². The molecule has 0 fully saturated rings. The first-order valence-corrected chi connectivity index (χ1v) is 4.42. The number of halogens is 4. The van der Waals surface area contributed by atoms with Gasteiger partial charge in [-0.3, -0.25) is 20.2 Å². The monoisotopic (exact) mass is 272 g/mol. The summed E-state index contributed by atoms with van der Waals surface area (Å²) in [6.45, 7) is 0. The van der Waals surface area contributed by atoms with Gasteiger partial charge in [0.25, 0.3) is 5.70 Å². The first kappa shape index (κ1) is 13.4. The Hall–Kier alpha value is -1.64. The van der Waals surface area contributed by atoms with Crippen molar-refractivity contribution in [3.8, 4) is 0 Å². The Balaban J connectivity index is 3.30. The molecule has 0 aromatic heterocycles. The second-order valence-corrected chi connectivity index (χ2v) is 3.90. The molecule has 0 radical (unpaired) electrons. The Morgan fingerprint density at radius 1 is 1.35 bits per heavy atom. The lowest BCUT2D eigenvalue weighted by molar-refractivity contribution is -0.535. The SMILES string of the molecule is O=[N+]([O-])C1=CC(C(F)(F)F)=CC(Cl)([N+](=O)[O-])C1. The van der Waals surface area contributed by atoms with Crippen LogP contribution in [-0.4, -0.2) is 21.0 Å². The molecule has 0 saturated heterocycles. The molecule has 0 heterocycles. The van der Waals surface area contributed by atoms with Crippen LogP contribution in [0.3, 0.4) is 0 Å². The van der Waals surface area contributed by atoms with E-state index in [-0.39, 0.29) is 12.2 Å². The molecule has 1 unspecified atom stereocenters. The molecule has 0 amide bonds. The van der Waals surface area contributed by atoms with E-state index in [0.717, 1.165) is 0 Å². The zero-order chi connectivity index (χ0) is 13.4. The van der Waals surface area contributed by atoms with E-state index in [2.05, 4.69) is 0 Å². The minimum absolute atomic E-state index is 0.168. The number of nitrogens with zero attached hydrogens (tertiary/aromatic N) is 2. The number of allylic oxidation sites excluding steroid dienone is 2. The van der Waals surface area contributed by atoms with Crippen LogP contribution in [0.4, 0.5) is 13.2 Å². The van der Waals surface area contributed by atoms with E-state index in [9.17, 15) is 33.4 Å². The van der Waals surface area contributed by atoms with Gasteiger partial charge >= 0.3 is 11.2 Å². The zero-order valence-electron chi connectivity index (χ0n) is 7.90. The molecule has 10 heteroatoms. The number of nitro groups is 2. The molecule has 94 valence electrons. The van der Waals surface area contributed by atoms with Crippen LogP contribution in [0.1, 0.15) is 6.42 Å². The third-order valence-electron chi connectivity index (χ3n) is 1.99. The predicted octanol–water partition coefficient (Wildman–Crippen LogP) is 2.25. The highest BCUT2D eigenvalue weighted by molar-refractivity contribution is 6.24.